The molecule has 0 spiro atoms. The summed E-state index contributed by atoms with van der Waals surface area (Å²) in [6.07, 6.45) is 0. The predicted octanol–water partition coefficient (Wildman–Crippen LogP) is 2.31. The van der Waals surface area contributed by atoms with Gasteiger partial charge in [0.05, 0.1) is 19.8 Å². The van der Waals surface area contributed by atoms with Crippen molar-refractivity contribution in [3.63, 3.8) is 0 Å². The fourth-order valence-corrected chi connectivity index (χ4v) is 4.72. The standard InChI is InChI=1S/C26H30N4O3/c31-25(19-27-14-16-33-17-15-27)28-10-12-29(13-11-28)26(32)20-30-23-9-5-4-8-22(23)18-24(30)21-6-2-1-3-7-21/h1-9,18H,10-17,19-20H2. The Kier molecular flexibility index (Phi) is 6.41. The van der Waals surface area contributed by atoms with Crippen molar-refractivity contribution in [3.05, 3.63) is 60.7 Å². The van der Waals surface area contributed by atoms with Gasteiger partial charge in [0.2, 0.25) is 11.8 Å². The van der Waals surface area contributed by atoms with E-state index in [4.69, 9.17) is 4.74 Å². The zero-order valence-corrected chi connectivity index (χ0v) is 18.9. The van der Waals surface area contributed by atoms with Crippen LogP contribution in [-0.2, 0) is 20.9 Å². The van der Waals surface area contributed by atoms with Gasteiger partial charge < -0.3 is 19.1 Å². The van der Waals surface area contributed by atoms with Gasteiger partial charge in [0.25, 0.3) is 0 Å². The molecule has 0 bridgehead atoms. The Labute approximate surface area is 194 Å². The van der Waals surface area contributed by atoms with Gasteiger partial charge in [-0.15, -0.1) is 0 Å². The number of benzene rings is 2. The van der Waals surface area contributed by atoms with Crippen molar-refractivity contribution in [2.75, 3.05) is 59.0 Å². The van der Waals surface area contributed by atoms with Gasteiger partial charge in [-0.2, -0.15) is 0 Å². The maximum absolute atomic E-state index is 13.3. The highest BCUT2D eigenvalue weighted by Gasteiger charge is 2.26. The predicted molar refractivity (Wildman–Crippen MR) is 128 cm³/mol. The molecular weight excluding hydrogens is 416 g/mol. The summed E-state index contributed by atoms with van der Waals surface area (Å²) in [4.78, 5) is 31.9. The highest BCUT2D eigenvalue weighted by Crippen LogP contribution is 2.28. The molecule has 0 unspecified atom stereocenters. The van der Waals surface area contributed by atoms with E-state index < -0.39 is 0 Å². The molecule has 0 N–H and O–H groups in total. The third-order valence-electron chi connectivity index (χ3n) is 6.62. The summed E-state index contributed by atoms with van der Waals surface area (Å²) in [6.45, 7) is 6.05. The molecule has 5 rings (SSSR count). The van der Waals surface area contributed by atoms with E-state index in [0.29, 0.717) is 52.5 Å². The van der Waals surface area contributed by atoms with Gasteiger partial charge in [-0.1, -0.05) is 48.5 Å². The van der Waals surface area contributed by atoms with Crippen LogP contribution in [-0.4, -0.2) is 90.1 Å². The number of amides is 2. The van der Waals surface area contributed by atoms with Crippen LogP contribution in [0.25, 0.3) is 22.2 Å². The molecule has 2 amide bonds. The monoisotopic (exact) mass is 446 g/mol. The maximum Gasteiger partial charge on any atom is 0.242 e. The number of carbonyl (C=O) groups excluding carboxylic acids is 2. The van der Waals surface area contributed by atoms with E-state index in [0.717, 1.165) is 35.2 Å². The third-order valence-corrected chi connectivity index (χ3v) is 6.62. The molecule has 33 heavy (non-hydrogen) atoms. The van der Waals surface area contributed by atoms with Crippen LogP contribution in [0.5, 0.6) is 0 Å². The zero-order chi connectivity index (χ0) is 22.6. The van der Waals surface area contributed by atoms with Crippen LogP contribution in [0, 0.1) is 0 Å². The average Bonchev–Trinajstić information content (AvgIpc) is 3.23. The number of para-hydroxylation sites is 1. The van der Waals surface area contributed by atoms with E-state index in [1.165, 1.54) is 0 Å². The van der Waals surface area contributed by atoms with Crippen molar-refractivity contribution in [2.24, 2.45) is 0 Å². The summed E-state index contributed by atoms with van der Waals surface area (Å²) < 4.78 is 7.47. The Balaban J connectivity index is 1.25. The Bertz CT molecular complexity index is 1110. The maximum atomic E-state index is 13.3. The first-order chi connectivity index (χ1) is 16.2. The summed E-state index contributed by atoms with van der Waals surface area (Å²) in [7, 11) is 0. The van der Waals surface area contributed by atoms with Gasteiger partial charge in [-0.05, 0) is 17.7 Å². The molecule has 0 saturated carbocycles. The molecule has 3 aromatic rings. The van der Waals surface area contributed by atoms with Crippen LogP contribution in [0.15, 0.2) is 60.7 Å². The normalized spacial score (nSPS) is 17.5. The van der Waals surface area contributed by atoms with Gasteiger partial charge in [0, 0.05) is 55.9 Å². The first-order valence-electron chi connectivity index (χ1n) is 11.7. The molecule has 172 valence electrons. The third kappa shape index (κ3) is 4.79. The van der Waals surface area contributed by atoms with E-state index in [1.54, 1.807) is 0 Å². The Morgan fingerprint density at radius 3 is 2.03 bits per heavy atom. The van der Waals surface area contributed by atoms with Gasteiger partial charge in [-0.25, -0.2) is 0 Å². The molecule has 1 aromatic heterocycles. The number of rotatable bonds is 5. The van der Waals surface area contributed by atoms with Crippen LogP contribution < -0.4 is 0 Å². The topological polar surface area (TPSA) is 58.0 Å². The van der Waals surface area contributed by atoms with Crippen LogP contribution in [0.1, 0.15) is 0 Å². The second-order valence-corrected chi connectivity index (χ2v) is 8.69. The largest absolute Gasteiger partial charge is 0.379 e. The van der Waals surface area contributed by atoms with Crippen LogP contribution in [0.4, 0.5) is 0 Å². The molecule has 7 nitrogen and oxygen atoms in total. The average molecular weight is 447 g/mol. The smallest absolute Gasteiger partial charge is 0.242 e. The Hall–Kier alpha value is -3.16. The number of hydrogen-bond donors (Lipinski definition) is 0. The molecule has 2 aliphatic heterocycles. The number of carbonyl (C=O) groups is 2. The number of ether oxygens (including phenoxy) is 1. The number of nitrogens with zero attached hydrogens (tertiary/aromatic N) is 4. The number of hydrogen-bond acceptors (Lipinski definition) is 4. The molecule has 0 radical (unpaired) electrons. The fraction of sp³-hybridized carbons (Fsp3) is 0.385. The minimum absolute atomic E-state index is 0.0915. The van der Waals surface area contributed by atoms with Crippen molar-refractivity contribution < 1.29 is 14.3 Å². The van der Waals surface area contributed by atoms with E-state index in [-0.39, 0.29) is 11.8 Å². The van der Waals surface area contributed by atoms with Gasteiger partial charge >= 0.3 is 0 Å². The quantitative estimate of drug-likeness (QED) is 0.604. The molecule has 0 atom stereocenters. The molecular formula is C26H30N4O3. The Morgan fingerprint density at radius 2 is 1.33 bits per heavy atom. The Morgan fingerprint density at radius 1 is 0.727 bits per heavy atom. The van der Waals surface area contributed by atoms with Crippen LogP contribution in [0.3, 0.4) is 0 Å². The van der Waals surface area contributed by atoms with E-state index >= 15 is 0 Å². The lowest BCUT2D eigenvalue weighted by Crippen LogP contribution is -2.53. The first kappa shape index (κ1) is 21.7. The van der Waals surface area contributed by atoms with Crippen molar-refractivity contribution in [2.45, 2.75) is 6.54 Å². The van der Waals surface area contributed by atoms with Crippen molar-refractivity contribution >= 4 is 22.7 Å². The number of aromatic nitrogens is 1. The molecule has 0 aliphatic carbocycles. The van der Waals surface area contributed by atoms with Gasteiger partial charge in [0.15, 0.2) is 0 Å². The molecule has 3 heterocycles. The van der Waals surface area contributed by atoms with E-state index in [1.807, 2.05) is 40.1 Å². The van der Waals surface area contributed by atoms with Crippen molar-refractivity contribution in [1.82, 2.24) is 19.3 Å². The van der Waals surface area contributed by atoms with Crippen molar-refractivity contribution in [1.29, 1.82) is 0 Å². The SMILES string of the molecule is O=C(CN1CCOCC1)N1CCN(C(=O)Cn2c(-c3ccccc3)cc3ccccc32)CC1. The van der Waals surface area contributed by atoms with Gasteiger partial charge in [0.1, 0.15) is 6.54 Å². The summed E-state index contributed by atoms with van der Waals surface area (Å²) in [5, 5.41) is 1.13. The second kappa shape index (κ2) is 9.77. The highest BCUT2D eigenvalue weighted by molar-refractivity contribution is 5.89. The second-order valence-electron chi connectivity index (χ2n) is 8.69. The van der Waals surface area contributed by atoms with Crippen molar-refractivity contribution in [3.8, 4) is 11.3 Å². The molecule has 2 saturated heterocycles. The summed E-state index contributed by atoms with van der Waals surface area (Å²) in [5.41, 5.74) is 3.20. The molecule has 2 fully saturated rings. The zero-order valence-electron chi connectivity index (χ0n) is 18.9. The minimum Gasteiger partial charge on any atom is -0.379 e. The molecule has 2 aromatic carbocycles. The van der Waals surface area contributed by atoms with E-state index in [2.05, 4.69) is 39.8 Å². The molecule has 2 aliphatic rings. The minimum atomic E-state index is 0.0915. The fourth-order valence-electron chi connectivity index (χ4n) is 4.72. The summed E-state index contributed by atoms with van der Waals surface area (Å²) in [5.74, 6) is 0.237. The lowest BCUT2D eigenvalue weighted by Gasteiger charge is -2.36. The number of morpholine rings is 1. The van der Waals surface area contributed by atoms with Crippen LogP contribution >= 0.6 is 0 Å². The first-order valence-corrected chi connectivity index (χ1v) is 11.7. The lowest BCUT2D eigenvalue weighted by atomic mass is 10.1. The highest BCUT2D eigenvalue weighted by atomic mass is 16.5. The number of piperazine rings is 1. The molecule has 7 heteroatoms. The van der Waals surface area contributed by atoms with Crippen LogP contribution in [0.2, 0.25) is 0 Å². The van der Waals surface area contributed by atoms with E-state index in [9.17, 15) is 9.59 Å². The summed E-state index contributed by atoms with van der Waals surface area (Å²) in [6, 6.07) is 20.5. The summed E-state index contributed by atoms with van der Waals surface area (Å²) >= 11 is 0. The lowest BCUT2D eigenvalue weighted by molar-refractivity contribution is -0.141. The number of fused-ring (bicyclic) bond motifs is 1. The van der Waals surface area contributed by atoms with Gasteiger partial charge in [-0.3, -0.25) is 14.5 Å².